The summed E-state index contributed by atoms with van der Waals surface area (Å²) in [6, 6.07) is 4.92. The molecule has 9 nitrogen and oxygen atoms in total. The van der Waals surface area contributed by atoms with E-state index in [9.17, 15) is 9.18 Å². The Kier molecular flexibility index (Phi) is 8.59. The molecular weight excluding hydrogens is 503 g/mol. The minimum absolute atomic E-state index is 0.103. The maximum absolute atomic E-state index is 13.7. The van der Waals surface area contributed by atoms with Gasteiger partial charge in [0, 0.05) is 37.9 Å². The summed E-state index contributed by atoms with van der Waals surface area (Å²) in [5.74, 6) is 0.119. The van der Waals surface area contributed by atoms with Crippen LogP contribution in [0, 0.1) is 5.82 Å². The molecule has 1 aliphatic rings. The number of morpholine rings is 1. The highest BCUT2D eigenvalue weighted by molar-refractivity contribution is 6.74. The molecule has 1 aliphatic heterocycles. The number of halogens is 1. The summed E-state index contributed by atoms with van der Waals surface area (Å²) in [5.41, 5.74) is 2.99. The van der Waals surface area contributed by atoms with Crippen molar-refractivity contribution in [3.8, 4) is 0 Å². The van der Waals surface area contributed by atoms with Crippen molar-refractivity contribution in [3.63, 3.8) is 0 Å². The topological polar surface area (TPSA) is 102 Å². The molecule has 0 spiro atoms. The lowest BCUT2D eigenvalue weighted by atomic mass is 10.1. The van der Waals surface area contributed by atoms with Crippen molar-refractivity contribution in [1.29, 1.82) is 0 Å². The summed E-state index contributed by atoms with van der Waals surface area (Å²) in [7, 11) is -1.89. The molecule has 3 aromatic rings. The summed E-state index contributed by atoms with van der Waals surface area (Å²) >= 11 is 0. The number of carbonyl (C=O) groups excluding carboxylic acids is 1. The maximum Gasteiger partial charge on any atom is 0.251 e. The molecular formula is C27H37FN6O3Si. The zero-order valence-electron chi connectivity index (χ0n) is 22.8. The number of carbonyl (C=O) groups is 1. The first kappa shape index (κ1) is 27.9. The normalized spacial score (nSPS) is 14.5. The number of amides is 1. The number of ether oxygens (including phenoxy) is 1. The van der Waals surface area contributed by atoms with E-state index in [4.69, 9.17) is 14.1 Å². The molecule has 204 valence electrons. The maximum atomic E-state index is 13.7. The first-order valence-corrected chi connectivity index (χ1v) is 15.8. The first-order chi connectivity index (χ1) is 18.0. The SMILES string of the molecule is CC(C)(C)[Si](C)(C)OCCNC(=O)c1cc(NCc2cncc(F)c2)c2nc(N3CCOCC3)cnc2c1. The van der Waals surface area contributed by atoms with E-state index in [0.717, 1.165) is 18.9 Å². The molecule has 1 aromatic carbocycles. The van der Waals surface area contributed by atoms with Crippen LogP contribution in [0.4, 0.5) is 15.9 Å². The van der Waals surface area contributed by atoms with Crippen LogP contribution in [0.25, 0.3) is 11.0 Å². The molecule has 0 radical (unpaired) electrons. The fourth-order valence-electron chi connectivity index (χ4n) is 3.86. The van der Waals surface area contributed by atoms with Crippen molar-refractivity contribution >= 4 is 36.8 Å². The highest BCUT2D eigenvalue weighted by atomic mass is 28.4. The predicted octanol–water partition coefficient (Wildman–Crippen LogP) is 4.36. The Morgan fingerprint density at radius 2 is 1.92 bits per heavy atom. The monoisotopic (exact) mass is 540 g/mol. The standard InChI is InChI=1S/C27H37FN6O3Si/c1-27(2,3)38(4,5)37-9-6-30-26(35)20-13-22(31-16-19-12-21(28)17-29-15-19)25-23(14-20)32-18-24(33-25)34-7-10-36-11-8-34/h12-15,17-18,31H,6-11,16H2,1-5H3,(H,30,35). The molecule has 0 bridgehead atoms. The van der Waals surface area contributed by atoms with Gasteiger partial charge in [0.05, 0.1) is 43.4 Å². The smallest absolute Gasteiger partial charge is 0.251 e. The molecule has 3 heterocycles. The van der Waals surface area contributed by atoms with Gasteiger partial charge in [0.1, 0.15) is 17.2 Å². The third kappa shape index (κ3) is 6.83. The molecule has 0 saturated carbocycles. The minimum atomic E-state index is -1.89. The molecule has 1 saturated heterocycles. The quantitative estimate of drug-likeness (QED) is 0.305. The first-order valence-electron chi connectivity index (χ1n) is 12.9. The van der Waals surface area contributed by atoms with Gasteiger partial charge in [-0.05, 0) is 41.9 Å². The fourth-order valence-corrected chi connectivity index (χ4v) is 4.90. The third-order valence-electron chi connectivity index (χ3n) is 7.13. The van der Waals surface area contributed by atoms with Crippen LogP contribution in [-0.2, 0) is 15.7 Å². The molecule has 0 atom stereocenters. The predicted molar refractivity (Wildman–Crippen MR) is 150 cm³/mol. The molecule has 0 unspecified atom stereocenters. The minimum Gasteiger partial charge on any atom is -0.415 e. The van der Waals surface area contributed by atoms with Crippen LogP contribution in [0.3, 0.4) is 0 Å². The van der Waals surface area contributed by atoms with Crippen LogP contribution < -0.4 is 15.5 Å². The van der Waals surface area contributed by atoms with Gasteiger partial charge in [-0.1, -0.05) is 20.8 Å². The Bertz CT molecular complexity index is 1280. The molecule has 38 heavy (non-hydrogen) atoms. The Labute approximate surface area is 224 Å². The number of nitrogens with one attached hydrogen (secondary N) is 2. The lowest BCUT2D eigenvalue weighted by molar-refractivity contribution is 0.0946. The van der Waals surface area contributed by atoms with Gasteiger partial charge in [-0.25, -0.2) is 9.37 Å². The van der Waals surface area contributed by atoms with Crippen LogP contribution in [-0.4, -0.2) is 68.6 Å². The molecule has 1 amide bonds. The lowest BCUT2D eigenvalue weighted by Gasteiger charge is -2.36. The average molecular weight is 541 g/mol. The van der Waals surface area contributed by atoms with Gasteiger partial charge in [-0.3, -0.25) is 14.8 Å². The van der Waals surface area contributed by atoms with E-state index >= 15 is 0 Å². The number of hydrogen-bond acceptors (Lipinski definition) is 8. The van der Waals surface area contributed by atoms with Crippen molar-refractivity contribution in [3.05, 3.63) is 53.7 Å². The number of aromatic nitrogens is 3. The van der Waals surface area contributed by atoms with Crippen LogP contribution in [0.5, 0.6) is 0 Å². The molecule has 11 heteroatoms. The van der Waals surface area contributed by atoms with Crippen LogP contribution in [0.1, 0.15) is 36.7 Å². The zero-order valence-corrected chi connectivity index (χ0v) is 23.8. The van der Waals surface area contributed by atoms with Crippen LogP contribution in [0.15, 0.2) is 36.8 Å². The third-order valence-corrected chi connectivity index (χ3v) is 11.7. The van der Waals surface area contributed by atoms with Crippen LogP contribution in [0.2, 0.25) is 18.1 Å². The zero-order chi connectivity index (χ0) is 27.3. The van der Waals surface area contributed by atoms with Crippen molar-refractivity contribution in [2.24, 2.45) is 0 Å². The van der Waals surface area contributed by atoms with Gasteiger partial charge in [0.2, 0.25) is 0 Å². The van der Waals surface area contributed by atoms with E-state index < -0.39 is 14.1 Å². The summed E-state index contributed by atoms with van der Waals surface area (Å²) in [5, 5.41) is 6.37. The van der Waals surface area contributed by atoms with Crippen molar-refractivity contribution in [2.45, 2.75) is 45.4 Å². The largest absolute Gasteiger partial charge is 0.415 e. The Morgan fingerprint density at radius 3 is 2.63 bits per heavy atom. The average Bonchev–Trinajstić information content (AvgIpc) is 2.89. The van der Waals surface area contributed by atoms with E-state index in [1.54, 1.807) is 24.5 Å². The molecule has 2 N–H and O–H groups in total. The fraction of sp³-hybridized carbons (Fsp3) is 0.481. The number of pyridine rings is 1. The summed E-state index contributed by atoms with van der Waals surface area (Å²) in [6.45, 7) is 14.8. The van der Waals surface area contributed by atoms with Crippen molar-refractivity contribution in [1.82, 2.24) is 20.3 Å². The second-order valence-corrected chi connectivity index (χ2v) is 15.8. The molecule has 4 rings (SSSR count). The molecule has 2 aromatic heterocycles. The summed E-state index contributed by atoms with van der Waals surface area (Å²) < 4.78 is 25.3. The van der Waals surface area contributed by atoms with E-state index in [0.29, 0.717) is 60.8 Å². The Balaban J connectivity index is 1.55. The van der Waals surface area contributed by atoms with Gasteiger partial charge in [0.15, 0.2) is 8.32 Å². The second kappa shape index (κ2) is 11.7. The summed E-state index contributed by atoms with van der Waals surface area (Å²) in [6.07, 6.45) is 4.49. The van der Waals surface area contributed by atoms with E-state index in [1.165, 1.54) is 12.3 Å². The Morgan fingerprint density at radius 1 is 1.16 bits per heavy atom. The summed E-state index contributed by atoms with van der Waals surface area (Å²) in [4.78, 5) is 28.6. The van der Waals surface area contributed by atoms with Crippen molar-refractivity contribution < 1.29 is 18.3 Å². The number of anilines is 2. The Hall–Kier alpha value is -3.15. The number of rotatable bonds is 9. The van der Waals surface area contributed by atoms with E-state index in [2.05, 4.69) is 59.4 Å². The number of hydrogen-bond donors (Lipinski definition) is 2. The van der Waals surface area contributed by atoms with Crippen LogP contribution >= 0.6 is 0 Å². The number of benzene rings is 1. The second-order valence-electron chi connectivity index (χ2n) is 10.9. The van der Waals surface area contributed by atoms with Crippen molar-refractivity contribution in [2.75, 3.05) is 49.7 Å². The number of fused-ring (bicyclic) bond motifs is 1. The highest BCUT2D eigenvalue weighted by Gasteiger charge is 2.36. The van der Waals surface area contributed by atoms with Gasteiger partial charge in [0.25, 0.3) is 5.91 Å². The van der Waals surface area contributed by atoms with Gasteiger partial charge >= 0.3 is 0 Å². The molecule has 1 fully saturated rings. The number of nitrogens with zero attached hydrogens (tertiary/aromatic N) is 4. The lowest BCUT2D eigenvalue weighted by Crippen LogP contribution is -2.42. The van der Waals surface area contributed by atoms with Gasteiger partial charge in [-0.2, -0.15) is 0 Å². The van der Waals surface area contributed by atoms with Gasteiger partial charge in [-0.15, -0.1) is 0 Å². The van der Waals surface area contributed by atoms with E-state index in [1.807, 2.05) is 0 Å². The highest BCUT2D eigenvalue weighted by Crippen LogP contribution is 2.36. The van der Waals surface area contributed by atoms with Gasteiger partial charge < -0.3 is 24.7 Å². The molecule has 0 aliphatic carbocycles. The van der Waals surface area contributed by atoms with E-state index in [-0.39, 0.29) is 10.9 Å².